The summed E-state index contributed by atoms with van der Waals surface area (Å²) in [4.78, 5) is 35.5. The topological polar surface area (TPSA) is 110 Å². The van der Waals surface area contributed by atoms with Gasteiger partial charge < -0.3 is 28.7 Å². The number of carbonyl (C=O) groups is 2. The standard InChI is InChI=1S/C34H45N5O5/c1-10-12-13-17-39-27(31-36-26-18-23(32(40)43-21(3)4)20-28(42-9)29(26)38(31)8)19-22-15-16-25(35-30(22)39)24(14-11-2)37-33(41)44-34(5,6)7/h10,15-16,18-21,24H,1,11-14,17H2,2-9H3,(H,37,41)/t24-/m1/s1. The summed E-state index contributed by atoms with van der Waals surface area (Å²) >= 11 is 0. The molecule has 0 saturated heterocycles. The first kappa shape index (κ1) is 32.6. The molecule has 1 atom stereocenters. The molecule has 1 N–H and O–H groups in total. The van der Waals surface area contributed by atoms with Crippen LogP contribution in [-0.2, 0) is 23.1 Å². The zero-order valence-corrected chi connectivity index (χ0v) is 27.2. The number of unbranched alkanes of at least 4 members (excludes halogenated alkanes) is 1. The molecule has 0 radical (unpaired) electrons. The van der Waals surface area contributed by atoms with Gasteiger partial charge in [-0.15, -0.1) is 6.58 Å². The van der Waals surface area contributed by atoms with Crippen LogP contribution in [0.4, 0.5) is 4.79 Å². The SMILES string of the molecule is C=CCCCn1c(-c2nc3cc(C(=O)OC(C)C)cc(OC)c3n2C)cc2ccc([C@@H](CCC)NC(=O)OC(C)(C)C)nc21. The van der Waals surface area contributed by atoms with Crippen molar-refractivity contribution in [3.05, 3.63) is 54.2 Å². The Kier molecular flexibility index (Phi) is 10.0. The number of alkyl carbamates (subject to hydrolysis) is 1. The van der Waals surface area contributed by atoms with Gasteiger partial charge in [-0.25, -0.2) is 19.6 Å². The molecule has 10 heteroatoms. The van der Waals surface area contributed by atoms with Crippen LogP contribution in [0.25, 0.3) is 33.6 Å². The normalized spacial score (nSPS) is 12.5. The average molecular weight is 604 g/mol. The van der Waals surface area contributed by atoms with Gasteiger partial charge in [-0.1, -0.05) is 19.4 Å². The summed E-state index contributed by atoms with van der Waals surface area (Å²) in [6.45, 7) is 15.8. The van der Waals surface area contributed by atoms with Gasteiger partial charge in [0.05, 0.1) is 41.7 Å². The van der Waals surface area contributed by atoms with Gasteiger partial charge in [0.15, 0.2) is 5.82 Å². The fourth-order valence-corrected chi connectivity index (χ4v) is 5.27. The van der Waals surface area contributed by atoms with Crippen LogP contribution < -0.4 is 10.1 Å². The Bertz CT molecular complexity index is 1660. The zero-order valence-electron chi connectivity index (χ0n) is 27.2. The first-order valence-electron chi connectivity index (χ1n) is 15.2. The van der Waals surface area contributed by atoms with E-state index in [1.165, 1.54) is 0 Å². The van der Waals surface area contributed by atoms with E-state index in [1.54, 1.807) is 19.2 Å². The summed E-state index contributed by atoms with van der Waals surface area (Å²) in [6, 6.07) is 9.21. The quantitative estimate of drug-likeness (QED) is 0.101. The van der Waals surface area contributed by atoms with E-state index in [4.69, 9.17) is 24.2 Å². The maximum Gasteiger partial charge on any atom is 0.408 e. The van der Waals surface area contributed by atoms with Gasteiger partial charge in [0.25, 0.3) is 0 Å². The number of hydrogen-bond acceptors (Lipinski definition) is 7. The Morgan fingerprint density at radius 2 is 1.89 bits per heavy atom. The smallest absolute Gasteiger partial charge is 0.408 e. The van der Waals surface area contributed by atoms with Crippen molar-refractivity contribution in [3.63, 3.8) is 0 Å². The lowest BCUT2D eigenvalue weighted by molar-refractivity contribution is 0.0376. The van der Waals surface area contributed by atoms with Crippen LogP contribution in [0.15, 0.2) is 43.0 Å². The molecule has 0 aliphatic rings. The van der Waals surface area contributed by atoms with E-state index in [-0.39, 0.29) is 12.1 Å². The number of rotatable bonds is 12. The molecule has 10 nitrogen and oxygen atoms in total. The van der Waals surface area contributed by atoms with E-state index in [2.05, 4.69) is 29.5 Å². The van der Waals surface area contributed by atoms with Crippen LogP contribution in [0.1, 0.15) is 89.3 Å². The first-order valence-corrected chi connectivity index (χ1v) is 15.2. The van der Waals surface area contributed by atoms with Gasteiger partial charge in [0, 0.05) is 19.0 Å². The summed E-state index contributed by atoms with van der Waals surface area (Å²) in [6.07, 6.45) is 4.47. The van der Waals surface area contributed by atoms with Gasteiger partial charge in [-0.05, 0) is 84.2 Å². The molecule has 0 aliphatic carbocycles. The van der Waals surface area contributed by atoms with Gasteiger partial charge >= 0.3 is 12.1 Å². The molecule has 236 valence electrons. The number of aromatic nitrogens is 4. The number of carbonyl (C=O) groups excluding carboxylic acids is 2. The second-order valence-electron chi connectivity index (χ2n) is 12.2. The third-order valence-electron chi connectivity index (χ3n) is 7.14. The van der Waals surface area contributed by atoms with E-state index in [9.17, 15) is 9.59 Å². The van der Waals surface area contributed by atoms with E-state index >= 15 is 0 Å². The number of nitrogens with zero attached hydrogens (tertiary/aromatic N) is 4. The van der Waals surface area contributed by atoms with Crippen LogP contribution >= 0.6 is 0 Å². The zero-order chi connectivity index (χ0) is 32.2. The molecule has 3 aromatic heterocycles. The predicted molar refractivity (Wildman–Crippen MR) is 173 cm³/mol. The summed E-state index contributed by atoms with van der Waals surface area (Å²) in [5, 5.41) is 3.97. The first-order chi connectivity index (χ1) is 20.9. The molecule has 0 spiro atoms. The van der Waals surface area contributed by atoms with Gasteiger partial charge in [0.2, 0.25) is 0 Å². The number of ether oxygens (including phenoxy) is 3. The largest absolute Gasteiger partial charge is 0.494 e. The molecule has 4 aromatic rings. The van der Waals surface area contributed by atoms with Crippen LogP contribution in [0, 0.1) is 0 Å². The maximum absolute atomic E-state index is 12.7. The van der Waals surface area contributed by atoms with E-state index in [0.29, 0.717) is 35.6 Å². The van der Waals surface area contributed by atoms with Crippen LogP contribution in [0.3, 0.4) is 0 Å². The minimum atomic E-state index is -0.600. The molecule has 0 aliphatic heterocycles. The molecule has 0 saturated carbocycles. The number of benzene rings is 1. The van der Waals surface area contributed by atoms with Crippen LogP contribution in [0.2, 0.25) is 0 Å². The second-order valence-corrected chi connectivity index (χ2v) is 12.2. The third-order valence-corrected chi connectivity index (χ3v) is 7.14. The van der Waals surface area contributed by atoms with Gasteiger partial charge in [-0.2, -0.15) is 0 Å². The molecule has 0 unspecified atom stereocenters. The van der Waals surface area contributed by atoms with E-state index < -0.39 is 17.7 Å². The highest BCUT2D eigenvalue weighted by Crippen LogP contribution is 2.35. The third kappa shape index (κ3) is 7.23. The van der Waals surface area contributed by atoms with Crippen LogP contribution in [-0.4, -0.2) is 50.0 Å². The maximum atomic E-state index is 12.7. The van der Waals surface area contributed by atoms with Gasteiger partial charge in [0.1, 0.15) is 22.5 Å². The Labute approximate surface area is 259 Å². The van der Waals surface area contributed by atoms with E-state index in [0.717, 1.165) is 47.2 Å². The highest BCUT2D eigenvalue weighted by Gasteiger charge is 2.24. The monoisotopic (exact) mass is 603 g/mol. The Hall–Kier alpha value is -4.34. The fraction of sp³-hybridized carbons (Fsp3) is 0.471. The number of esters is 1. The second kappa shape index (κ2) is 13.5. The highest BCUT2D eigenvalue weighted by atomic mass is 16.6. The molecule has 0 fully saturated rings. The fourth-order valence-electron chi connectivity index (χ4n) is 5.27. The number of imidazole rings is 1. The molecule has 4 rings (SSSR count). The van der Waals surface area contributed by atoms with Gasteiger partial charge in [-0.3, -0.25) is 0 Å². The molecule has 3 heterocycles. The molecule has 1 aromatic carbocycles. The molecule has 44 heavy (non-hydrogen) atoms. The summed E-state index contributed by atoms with van der Waals surface area (Å²) in [5.74, 6) is 0.817. The number of aryl methyl sites for hydroxylation is 2. The molecular weight excluding hydrogens is 558 g/mol. The molecule has 1 amide bonds. The highest BCUT2D eigenvalue weighted by molar-refractivity contribution is 5.97. The minimum absolute atomic E-state index is 0.247. The Morgan fingerprint density at radius 3 is 2.52 bits per heavy atom. The average Bonchev–Trinajstić information content (AvgIpc) is 3.47. The summed E-state index contributed by atoms with van der Waals surface area (Å²) in [7, 11) is 3.51. The summed E-state index contributed by atoms with van der Waals surface area (Å²) < 4.78 is 20.8. The number of hydrogen-bond donors (Lipinski definition) is 1. The lowest BCUT2D eigenvalue weighted by Gasteiger charge is -2.23. The van der Waals surface area contributed by atoms with Crippen molar-refractivity contribution < 1.29 is 23.8 Å². The lowest BCUT2D eigenvalue weighted by atomic mass is 10.1. The number of amides is 1. The van der Waals surface area contributed by atoms with Crippen molar-refractivity contribution in [2.75, 3.05) is 7.11 Å². The van der Waals surface area contributed by atoms with Crippen molar-refractivity contribution >= 4 is 34.1 Å². The number of nitrogens with one attached hydrogen (secondary N) is 1. The molecular formula is C34H45N5O5. The molecule has 0 bridgehead atoms. The van der Waals surface area contributed by atoms with E-state index in [1.807, 2.05) is 64.4 Å². The van der Waals surface area contributed by atoms with Crippen molar-refractivity contribution in [1.82, 2.24) is 24.4 Å². The number of pyridine rings is 1. The number of allylic oxidation sites excluding steroid dienone is 1. The predicted octanol–water partition coefficient (Wildman–Crippen LogP) is 7.50. The van der Waals surface area contributed by atoms with Crippen molar-refractivity contribution in [2.24, 2.45) is 7.05 Å². The number of methoxy groups -OCH3 is 1. The van der Waals surface area contributed by atoms with Crippen LogP contribution in [0.5, 0.6) is 5.75 Å². The van der Waals surface area contributed by atoms with Crippen molar-refractivity contribution in [2.45, 2.75) is 91.5 Å². The Balaban J connectivity index is 1.84. The summed E-state index contributed by atoms with van der Waals surface area (Å²) in [5.41, 5.74) is 3.62. The van der Waals surface area contributed by atoms with Crippen molar-refractivity contribution in [3.8, 4) is 17.3 Å². The number of fused-ring (bicyclic) bond motifs is 2. The minimum Gasteiger partial charge on any atom is -0.494 e. The van der Waals surface area contributed by atoms with Crippen molar-refractivity contribution in [1.29, 1.82) is 0 Å². The lowest BCUT2D eigenvalue weighted by Crippen LogP contribution is -2.35. The Morgan fingerprint density at radius 1 is 1.14 bits per heavy atom.